The van der Waals surface area contributed by atoms with Crippen LogP contribution in [0.3, 0.4) is 0 Å². The van der Waals surface area contributed by atoms with Crippen molar-refractivity contribution in [1.29, 1.82) is 0 Å². The third kappa shape index (κ3) is 4.44. The number of rotatable bonds is 3. The second-order valence-electron chi connectivity index (χ2n) is 2.02. The molecule has 10 heavy (non-hydrogen) atoms. The van der Waals surface area contributed by atoms with E-state index in [9.17, 15) is 0 Å². The third-order valence-corrected chi connectivity index (χ3v) is 1.90. The van der Waals surface area contributed by atoms with Gasteiger partial charge in [-0.1, -0.05) is 6.08 Å². The predicted molar refractivity (Wildman–Crippen MR) is 49.4 cm³/mol. The highest BCUT2D eigenvalue weighted by Gasteiger charge is 1.91. The van der Waals surface area contributed by atoms with Crippen LogP contribution in [-0.4, -0.2) is 18.6 Å². The summed E-state index contributed by atoms with van der Waals surface area (Å²) in [6.07, 6.45) is 5.47. The molecule has 0 saturated heterocycles. The van der Waals surface area contributed by atoms with E-state index in [0.717, 1.165) is 0 Å². The Hall–Kier alpha value is -0.440. The lowest BCUT2D eigenvalue weighted by atomic mass is 10.3. The van der Waals surface area contributed by atoms with Crippen molar-refractivity contribution in [2.75, 3.05) is 6.26 Å². The Morgan fingerprint density at radius 3 is 2.70 bits per heavy atom. The van der Waals surface area contributed by atoms with Crippen LogP contribution in [0, 0.1) is 0 Å². The fraction of sp³-hybridized carbons (Fsp3) is 0.571. The van der Waals surface area contributed by atoms with E-state index >= 15 is 0 Å². The molecule has 0 saturated carbocycles. The predicted octanol–water partition coefficient (Wildman–Crippen LogP) is 1.63. The van der Waals surface area contributed by atoms with Crippen LogP contribution >= 0.6 is 11.8 Å². The van der Waals surface area contributed by atoms with Gasteiger partial charge < -0.3 is 5.73 Å². The van der Waals surface area contributed by atoms with Gasteiger partial charge in [0.2, 0.25) is 0 Å². The molecule has 0 bridgehead atoms. The van der Waals surface area contributed by atoms with Crippen LogP contribution < -0.4 is 5.73 Å². The summed E-state index contributed by atoms with van der Waals surface area (Å²) in [6.45, 7) is 4.07. The van der Waals surface area contributed by atoms with Crippen molar-refractivity contribution >= 4 is 18.1 Å². The maximum atomic E-state index is 5.12. The minimum atomic E-state index is 0.206. The van der Waals surface area contributed by atoms with Crippen LogP contribution in [0.25, 0.3) is 0 Å². The van der Waals surface area contributed by atoms with Gasteiger partial charge in [0.05, 0.1) is 12.4 Å². The van der Waals surface area contributed by atoms with Crippen molar-refractivity contribution in [1.82, 2.24) is 0 Å². The lowest BCUT2D eigenvalue weighted by molar-refractivity contribution is 0.926. The first-order valence-corrected chi connectivity index (χ1v) is 4.39. The van der Waals surface area contributed by atoms with E-state index in [1.54, 1.807) is 11.8 Å². The number of aliphatic imine (C=N–C) groups is 1. The normalized spacial score (nSPS) is 16.1. The van der Waals surface area contributed by atoms with Crippen LogP contribution in [0.2, 0.25) is 0 Å². The standard InChI is InChI=1S/C7H14N2S/c1-6(9-5-8)4-7(2)10-3/h4-6H,1-3H3,(H2,8,9)/b7-4-. The summed E-state index contributed by atoms with van der Waals surface area (Å²) in [6, 6.07) is 0.206. The van der Waals surface area contributed by atoms with Crippen LogP contribution in [0.1, 0.15) is 13.8 Å². The van der Waals surface area contributed by atoms with Gasteiger partial charge in [-0.3, -0.25) is 4.99 Å². The van der Waals surface area contributed by atoms with E-state index in [4.69, 9.17) is 5.73 Å². The molecule has 0 amide bonds. The molecule has 2 N–H and O–H groups in total. The van der Waals surface area contributed by atoms with Crippen molar-refractivity contribution in [3.8, 4) is 0 Å². The molecule has 3 heteroatoms. The molecular weight excluding hydrogens is 144 g/mol. The molecule has 0 spiro atoms. The molecule has 1 unspecified atom stereocenters. The van der Waals surface area contributed by atoms with Crippen LogP contribution in [-0.2, 0) is 0 Å². The van der Waals surface area contributed by atoms with Crippen molar-refractivity contribution in [2.24, 2.45) is 10.7 Å². The summed E-state index contributed by atoms with van der Waals surface area (Å²) in [7, 11) is 0. The summed E-state index contributed by atoms with van der Waals surface area (Å²) < 4.78 is 0. The van der Waals surface area contributed by atoms with Crippen LogP contribution in [0.4, 0.5) is 0 Å². The highest BCUT2D eigenvalue weighted by molar-refractivity contribution is 8.02. The largest absolute Gasteiger partial charge is 0.390 e. The van der Waals surface area contributed by atoms with Crippen molar-refractivity contribution in [2.45, 2.75) is 19.9 Å². The summed E-state index contributed by atoms with van der Waals surface area (Å²) in [5.74, 6) is 0. The van der Waals surface area contributed by atoms with E-state index < -0.39 is 0 Å². The molecular formula is C7H14N2S. The topological polar surface area (TPSA) is 38.4 Å². The molecule has 0 fully saturated rings. The number of allylic oxidation sites excluding steroid dienone is 1. The van der Waals surface area contributed by atoms with Crippen LogP contribution in [0.5, 0.6) is 0 Å². The van der Waals surface area contributed by atoms with E-state index in [2.05, 4.69) is 18.0 Å². The van der Waals surface area contributed by atoms with Gasteiger partial charge in [0, 0.05) is 0 Å². The number of nitrogens with two attached hydrogens (primary N) is 1. The lowest BCUT2D eigenvalue weighted by Gasteiger charge is -1.99. The molecule has 0 aromatic heterocycles. The molecule has 0 rings (SSSR count). The summed E-state index contributed by atoms with van der Waals surface area (Å²) >= 11 is 1.73. The zero-order chi connectivity index (χ0) is 7.98. The fourth-order valence-corrected chi connectivity index (χ4v) is 0.920. The van der Waals surface area contributed by atoms with E-state index in [0.29, 0.717) is 0 Å². The van der Waals surface area contributed by atoms with Crippen molar-refractivity contribution in [3.63, 3.8) is 0 Å². The monoisotopic (exact) mass is 158 g/mol. The van der Waals surface area contributed by atoms with E-state index in [1.807, 2.05) is 13.2 Å². The minimum absolute atomic E-state index is 0.206. The average Bonchev–Trinajstić information content (AvgIpc) is 1.88. The highest BCUT2D eigenvalue weighted by atomic mass is 32.2. The first kappa shape index (κ1) is 9.56. The molecule has 0 aliphatic rings. The second-order valence-corrected chi connectivity index (χ2v) is 3.07. The maximum absolute atomic E-state index is 5.12. The molecule has 0 aromatic rings. The molecule has 2 nitrogen and oxygen atoms in total. The molecule has 1 atom stereocenters. The molecule has 0 aliphatic carbocycles. The van der Waals surface area contributed by atoms with Gasteiger partial charge in [-0.25, -0.2) is 0 Å². The SMILES string of the molecule is CS/C(C)=C\C(C)N=CN. The Morgan fingerprint density at radius 1 is 1.70 bits per heavy atom. The van der Waals surface area contributed by atoms with Gasteiger partial charge in [0.15, 0.2) is 0 Å². The van der Waals surface area contributed by atoms with Gasteiger partial charge in [-0.2, -0.15) is 0 Å². The van der Waals surface area contributed by atoms with E-state index in [1.165, 1.54) is 11.2 Å². The van der Waals surface area contributed by atoms with Gasteiger partial charge in [0.1, 0.15) is 0 Å². The van der Waals surface area contributed by atoms with Gasteiger partial charge in [0.25, 0.3) is 0 Å². The Morgan fingerprint density at radius 2 is 2.30 bits per heavy atom. The summed E-state index contributed by atoms with van der Waals surface area (Å²) in [5, 5.41) is 0. The third-order valence-electron chi connectivity index (χ3n) is 1.12. The van der Waals surface area contributed by atoms with Crippen LogP contribution in [0.15, 0.2) is 16.0 Å². The Bertz CT molecular complexity index is 141. The Labute approximate surface area is 66.6 Å². The molecule has 0 aromatic carbocycles. The number of nitrogens with zero attached hydrogens (tertiary/aromatic N) is 1. The quantitative estimate of drug-likeness (QED) is 0.501. The molecule has 58 valence electrons. The maximum Gasteiger partial charge on any atom is 0.0804 e. The second kappa shape index (κ2) is 5.35. The number of hydrogen-bond acceptors (Lipinski definition) is 2. The summed E-state index contributed by atoms with van der Waals surface area (Å²) in [5.41, 5.74) is 5.12. The lowest BCUT2D eigenvalue weighted by Crippen LogP contribution is -1.98. The smallest absolute Gasteiger partial charge is 0.0804 e. The zero-order valence-corrected chi connectivity index (χ0v) is 7.48. The van der Waals surface area contributed by atoms with Crippen molar-refractivity contribution < 1.29 is 0 Å². The minimum Gasteiger partial charge on any atom is -0.390 e. The van der Waals surface area contributed by atoms with Gasteiger partial charge in [-0.05, 0) is 25.0 Å². The first-order chi connectivity index (χ1) is 4.70. The molecule has 0 aliphatic heterocycles. The number of hydrogen-bond donors (Lipinski definition) is 1. The Balaban J connectivity index is 3.86. The van der Waals surface area contributed by atoms with E-state index in [-0.39, 0.29) is 6.04 Å². The average molecular weight is 158 g/mol. The zero-order valence-electron chi connectivity index (χ0n) is 6.66. The first-order valence-electron chi connectivity index (χ1n) is 3.16. The number of thioether (sulfide) groups is 1. The van der Waals surface area contributed by atoms with Gasteiger partial charge >= 0.3 is 0 Å². The summed E-state index contributed by atoms with van der Waals surface area (Å²) in [4.78, 5) is 5.25. The molecule has 0 heterocycles. The fourth-order valence-electron chi connectivity index (χ4n) is 0.587. The Kier molecular flexibility index (Phi) is 5.12. The van der Waals surface area contributed by atoms with Gasteiger partial charge in [-0.15, -0.1) is 11.8 Å². The highest BCUT2D eigenvalue weighted by Crippen LogP contribution is 2.10. The van der Waals surface area contributed by atoms with Crippen molar-refractivity contribution in [3.05, 3.63) is 11.0 Å². The molecule has 0 radical (unpaired) electrons.